The van der Waals surface area contributed by atoms with Crippen molar-refractivity contribution in [3.8, 4) is 17.2 Å². The van der Waals surface area contributed by atoms with Crippen LogP contribution in [-0.4, -0.2) is 44.4 Å². The number of aliphatic imine (C=N–C) groups is 1. The van der Waals surface area contributed by atoms with Gasteiger partial charge in [-0.3, -0.25) is 4.99 Å². The molecule has 26 heavy (non-hydrogen) atoms. The van der Waals surface area contributed by atoms with Crippen molar-refractivity contribution in [2.24, 2.45) is 4.99 Å². The van der Waals surface area contributed by atoms with Crippen LogP contribution in [-0.2, 0) is 6.42 Å². The Morgan fingerprint density at radius 2 is 1.92 bits per heavy atom. The summed E-state index contributed by atoms with van der Waals surface area (Å²) in [6, 6.07) is 14.3. The van der Waals surface area contributed by atoms with Gasteiger partial charge in [-0.1, -0.05) is 12.1 Å². The largest absolute Gasteiger partial charge is 0.489 e. The molecule has 0 aliphatic carbocycles. The molecule has 0 spiro atoms. The molecule has 4 rings (SSSR count). The Bertz CT molecular complexity index is 838. The molecule has 2 aromatic rings. The number of rotatable bonds is 5. The summed E-state index contributed by atoms with van der Waals surface area (Å²) in [6.07, 6.45) is 6.25. The number of benzene rings is 2. The first-order valence-corrected chi connectivity index (χ1v) is 9.09. The average molecular weight is 348 g/mol. The molecule has 134 valence electrons. The highest BCUT2D eigenvalue weighted by Crippen LogP contribution is 2.33. The molecule has 0 N–H and O–H groups in total. The van der Waals surface area contributed by atoms with E-state index in [1.807, 2.05) is 30.5 Å². The van der Waals surface area contributed by atoms with Gasteiger partial charge in [0.2, 0.25) is 0 Å². The molecule has 0 fully saturated rings. The van der Waals surface area contributed by atoms with Crippen LogP contribution in [0.25, 0.3) is 5.57 Å². The van der Waals surface area contributed by atoms with Crippen molar-refractivity contribution in [1.29, 1.82) is 0 Å². The molecule has 0 saturated carbocycles. The van der Waals surface area contributed by atoms with Gasteiger partial charge in [-0.25, -0.2) is 0 Å². The molecule has 1 atom stereocenters. The van der Waals surface area contributed by atoms with E-state index >= 15 is 0 Å². The molecular weight excluding hydrogens is 324 g/mol. The van der Waals surface area contributed by atoms with E-state index in [9.17, 15) is 0 Å². The molecule has 0 aromatic heterocycles. The maximum Gasteiger partial charge on any atom is 0.127 e. The highest BCUT2D eigenvalue weighted by molar-refractivity contribution is 5.89. The van der Waals surface area contributed by atoms with Crippen LogP contribution in [0.1, 0.15) is 17.5 Å². The summed E-state index contributed by atoms with van der Waals surface area (Å²) in [7, 11) is 4.16. The van der Waals surface area contributed by atoms with Gasteiger partial charge in [0.1, 0.15) is 23.4 Å². The Labute approximate surface area is 154 Å². The van der Waals surface area contributed by atoms with Gasteiger partial charge in [0.25, 0.3) is 0 Å². The zero-order valence-electron chi connectivity index (χ0n) is 15.3. The first-order valence-electron chi connectivity index (χ1n) is 9.09. The van der Waals surface area contributed by atoms with Gasteiger partial charge in [0.05, 0.1) is 6.54 Å². The van der Waals surface area contributed by atoms with E-state index in [1.165, 1.54) is 16.7 Å². The smallest absolute Gasteiger partial charge is 0.127 e. The number of hydrogen-bond donors (Lipinski definition) is 0. The van der Waals surface area contributed by atoms with Crippen molar-refractivity contribution < 1.29 is 9.47 Å². The van der Waals surface area contributed by atoms with Crippen molar-refractivity contribution in [3.05, 3.63) is 59.7 Å². The SMILES string of the molecule is CN(C)CC1CCc2cc(Oc3ccc(C4=CC=NC4)cc3)ccc2O1. The number of allylic oxidation sites excluding steroid dienone is 1. The summed E-state index contributed by atoms with van der Waals surface area (Å²) in [4.78, 5) is 6.40. The van der Waals surface area contributed by atoms with Crippen molar-refractivity contribution in [1.82, 2.24) is 4.90 Å². The number of nitrogens with zero attached hydrogens (tertiary/aromatic N) is 2. The first kappa shape index (κ1) is 16.9. The fraction of sp³-hybridized carbons (Fsp3) is 0.318. The van der Waals surface area contributed by atoms with Gasteiger partial charge in [-0.15, -0.1) is 0 Å². The maximum absolute atomic E-state index is 6.11. The number of aryl methyl sites for hydroxylation is 1. The first-order chi connectivity index (χ1) is 12.7. The molecule has 2 heterocycles. The van der Waals surface area contributed by atoms with Crippen LogP contribution in [0.2, 0.25) is 0 Å². The molecule has 0 amide bonds. The predicted octanol–water partition coefficient (Wildman–Crippen LogP) is 4.20. The normalized spacial score (nSPS) is 18.4. The van der Waals surface area contributed by atoms with Gasteiger partial charge in [0.15, 0.2) is 0 Å². The van der Waals surface area contributed by atoms with Gasteiger partial charge >= 0.3 is 0 Å². The monoisotopic (exact) mass is 348 g/mol. The van der Waals surface area contributed by atoms with Crippen LogP contribution >= 0.6 is 0 Å². The van der Waals surface area contributed by atoms with Crippen molar-refractivity contribution in [2.75, 3.05) is 27.2 Å². The Hall–Kier alpha value is -2.59. The molecule has 4 heteroatoms. The van der Waals surface area contributed by atoms with E-state index in [-0.39, 0.29) is 6.10 Å². The second kappa shape index (κ2) is 7.34. The van der Waals surface area contributed by atoms with Gasteiger partial charge in [-0.05, 0) is 80.0 Å². The lowest BCUT2D eigenvalue weighted by atomic mass is 10.0. The topological polar surface area (TPSA) is 34.1 Å². The van der Waals surface area contributed by atoms with E-state index in [4.69, 9.17) is 9.47 Å². The van der Waals surface area contributed by atoms with Crippen LogP contribution in [0.15, 0.2) is 53.5 Å². The minimum absolute atomic E-state index is 0.269. The van der Waals surface area contributed by atoms with E-state index in [0.717, 1.165) is 43.2 Å². The Morgan fingerprint density at radius 3 is 2.65 bits per heavy atom. The summed E-state index contributed by atoms with van der Waals surface area (Å²) < 4.78 is 12.1. The Balaban J connectivity index is 1.43. The summed E-state index contributed by atoms with van der Waals surface area (Å²) in [6.45, 7) is 1.71. The van der Waals surface area contributed by atoms with Gasteiger partial charge in [-0.2, -0.15) is 0 Å². The van der Waals surface area contributed by atoms with Crippen LogP contribution in [0.4, 0.5) is 0 Å². The predicted molar refractivity (Wildman–Crippen MR) is 106 cm³/mol. The lowest BCUT2D eigenvalue weighted by Gasteiger charge is -2.28. The van der Waals surface area contributed by atoms with E-state index in [2.05, 4.69) is 48.3 Å². The zero-order valence-corrected chi connectivity index (χ0v) is 15.3. The summed E-state index contributed by atoms with van der Waals surface area (Å²) in [5, 5.41) is 0. The highest BCUT2D eigenvalue weighted by atomic mass is 16.5. The molecule has 0 saturated heterocycles. The fourth-order valence-electron chi connectivity index (χ4n) is 3.43. The molecule has 0 bridgehead atoms. The molecule has 2 aliphatic rings. The highest BCUT2D eigenvalue weighted by Gasteiger charge is 2.20. The summed E-state index contributed by atoms with van der Waals surface area (Å²) in [5.74, 6) is 2.68. The number of likely N-dealkylation sites (N-methyl/N-ethyl adjacent to an activating group) is 1. The summed E-state index contributed by atoms with van der Waals surface area (Å²) in [5.41, 5.74) is 3.66. The molecule has 1 unspecified atom stereocenters. The fourth-order valence-corrected chi connectivity index (χ4v) is 3.43. The Morgan fingerprint density at radius 1 is 1.12 bits per heavy atom. The number of fused-ring (bicyclic) bond motifs is 1. The number of hydrogen-bond acceptors (Lipinski definition) is 4. The summed E-state index contributed by atoms with van der Waals surface area (Å²) >= 11 is 0. The molecule has 0 radical (unpaired) electrons. The van der Waals surface area contributed by atoms with E-state index in [0.29, 0.717) is 0 Å². The van der Waals surface area contributed by atoms with Crippen molar-refractivity contribution in [3.63, 3.8) is 0 Å². The van der Waals surface area contributed by atoms with Crippen molar-refractivity contribution >= 4 is 11.8 Å². The number of ether oxygens (including phenoxy) is 2. The van der Waals surface area contributed by atoms with Crippen LogP contribution < -0.4 is 9.47 Å². The van der Waals surface area contributed by atoms with E-state index < -0.39 is 0 Å². The van der Waals surface area contributed by atoms with Crippen LogP contribution in [0.3, 0.4) is 0 Å². The zero-order chi connectivity index (χ0) is 17.9. The van der Waals surface area contributed by atoms with Crippen LogP contribution in [0.5, 0.6) is 17.2 Å². The molecule has 2 aliphatic heterocycles. The third-order valence-corrected chi connectivity index (χ3v) is 4.73. The Kier molecular flexibility index (Phi) is 4.76. The third-order valence-electron chi connectivity index (χ3n) is 4.73. The third kappa shape index (κ3) is 3.81. The molecule has 4 nitrogen and oxygen atoms in total. The van der Waals surface area contributed by atoms with Crippen LogP contribution in [0, 0.1) is 0 Å². The molecule has 2 aromatic carbocycles. The minimum atomic E-state index is 0.269. The minimum Gasteiger partial charge on any atom is -0.489 e. The van der Waals surface area contributed by atoms with E-state index in [1.54, 1.807) is 0 Å². The standard InChI is InChI=1S/C22H24N2O2/c1-24(2)15-21-8-5-17-13-20(9-10-22(17)26-21)25-19-6-3-16(4-7-19)18-11-12-23-14-18/h3-4,6-7,9-13,21H,5,8,14-15H2,1-2H3. The van der Waals surface area contributed by atoms with Gasteiger partial charge in [0, 0.05) is 12.8 Å². The van der Waals surface area contributed by atoms with Gasteiger partial charge < -0.3 is 14.4 Å². The quantitative estimate of drug-likeness (QED) is 0.812. The second-order valence-corrected chi connectivity index (χ2v) is 7.12. The maximum atomic E-state index is 6.11. The second-order valence-electron chi connectivity index (χ2n) is 7.12. The molecular formula is C22H24N2O2. The lowest BCUT2D eigenvalue weighted by Crippen LogP contribution is -2.33. The van der Waals surface area contributed by atoms with Crippen molar-refractivity contribution in [2.45, 2.75) is 18.9 Å². The lowest BCUT2D eigenvalue weighted by molar-refractivity contribution is 0.137. The average Bonchev–Trinajstić information content (AvgIpc) is 3.17.